The zero-order valence-electron chi connectivity index (χ0n) is 15.6. The van der Waals surface area contributed by atoms with Gasteiger partial charge in [0.05, 0.1) is 10.6 Å². The summed E-state index contributed by atoms with van der Waals surface area (Å²) in [6.07, 6.45) is 1.84. The Labute approximate surface area is 165 Å². The lowest BCUT2D eigenvalue weighted by molar-refractivity contribution is -0.113. The highest BCUT2D eigenvalue weighted by molar-refractivity contribution is 8.00. The van der Waals surface area contributed by atoms with Crippen molar-refractivity contribution in [3.8, 4) is 0 Å². The van der Waals surface area contributed by atoms with E-state index in [4.69, 9.17) is 0 Å². The standard InChI is InChI=1S/C20H24N2O3S2/c1-15-5-6-17(13-16(15)2)21-20(23)14-26-18-7-9-19(10-8-18)27(24,25)22-11-3-4-12-22/h5-10,13H,3-4,11-12,14H2,1-2H3,(H,21,23). The summed E-state index contributed by atoms with van der Waals surface area (Å²) >= 11 is 1.39. The SMILES string of the molecule is Cc1ccc(NC(=O)CSc2ccc(S(=O)(=O)N3CCCC3)cc2)cc1C. The molecule has 1 saturated heterocycles. The van der Waals surface area contributed by atoms with Gasteiger partial charge in [0.15, 0.2) is 0 Å². The molecule has 0 bridgehead atoms. The molecular formula is C20H24N2O3S2. The highest BCUT2D eigenvalue weighted by Gasteiger charge is 2.26. The fraction of sp³-hybridized carbons (Fsp3) is 0.350. The fourth-order valence-electron chi connectivity index (χ4n) is 2.95. The number of nitrogens with one attached hydrogen (secondary N) is 1. The molecule has 0 spiro atoms. The molecule has 1 aliphatic rings. The first-order chi connectivity index (χ1) is 12.9. The smallest absolute Gasteiger partial charge is 0.243 e. The molecule has 2 aromatic rings. The maximum Gasteiger partial charge on any atom is 0.243 e. The van der Waals surface area contributed by atoms with Gasteiger partial charge < -0.3 is 5.32 Å². The minimum atomic E-state index is -3.39. The summed E-state index contributed by atoms with van der Waals surface area (Å²) in [6.45, 7) is 5.23. The van der Waals surface area contributed by atoms with Crippen LogP contribution in [0, 0.1) is 13.8 Å². The van der Waals surface area contributed by atoms with Gasteiger partial charge in [-0.15, -0.1) is 11.8 Å². The average Bonchev–Trinajstić information content (AvgIpc) is 3.19. The van der Waals surface area contributed by atoms with E-state index in [1.165, 1.54) is 21.6 Å². The number of carbonyl (C=O) groups excluding carboxylic acids is 1. The predicted molar refractivity (Wildman–Crippen MR) is 110 cm³/mol. The lowest BCUT2D eigenvalue weighted by Crippen LogP contribution is -2.27. The Morgan fingerprint density at radius 1 is 1.04 bits per heavy atom. The normalized spacial score (nSPS) is 15.0. The number of nitrogens with zero attached hydrogens (tertiary/aromatic N) is 1. The molecule has 1 N–H and O–H groups in total. The van der Waals surface area contributed by atoms with Gasteiger partial charge in [0.1, 0.15) is 0 Å². The Hall–Kier alpha value is -1.83. The molecule has 27 heavy (non-hydrogen) atoms. The number of benzene rings is 2. The van der Waals surface area contributed by atoms with E-state index in [0.29, 0.717) is 18.0 Å². The molecule has 0 atom stereocenters. The van der Waals surface area contributed by atoms with Crippen LogP contribution in [0.15, 0.2) is 52.3 Å². The number of aryl methyl sites for hydroxylation is 2. The first-order valence-electron chi connectivity index (χ1n) is 8.96. The van der Waals surface area contributed by atoms with Crippen molar-refractivity contribution in [3.63, 3.8) is 0 Å². The predicted octanol–water partition coefficient (Wildman–Crippen LogP) is 3.82. The number of hydrogen-bond donors (Lipinski definition) is 1. The van der Waals surface area contributed by atoms with Crippen molar-refractivity contribution >= 4 is 33.4 Å². The quantitative estimate of drug-likeness (QED) is 0.744. The van der Waals surface area contributed by atoms with E-state index in [-0.39, 0.29) is 11.7 Å². The van der Waals surface area contributed by atoms with Crippen LogP contribution < -0.4 is 5.32 Å². The Balaban J connectivity index is 1.56. The molecule has 0 radical (unpaired) electrons. The maximum absolute atomic E-state index is 12.5. The topological polar surface area (TPSA) is 66.5 Å². The third-order valence-corrected chi connectivity index (χ3v) is 7.61. The van der Waals surface area contributed by atoms with E-state index in [1.54, 1.807) is 24.3 Å². The third kappa shape index (κ3) is 4.91. The van der Waals surface area contributed by atoms with Crippen LogP contribution in [0.5, 0.6) is 0 Å². The molecule has 1 heterocycles. The van der Waals surface area contributed by atoms with Gasteiger partial charge >= 0.3 is 0 Å². The second-order valence-electron chi connectivity index (χ2n) is 6.72. The Bertz CT molecular complexity index is 919. The molecule has 3 rings (SSSR count). The first kappa shape index (κ1) is 19.9. The van der Waals surface area contributed by atoms with Gasteiger partial charge in [0.25, 0.3) is 0 Å². The number of sulfonamides is 1. The van der Waals surface area contributed by atoms with Gasteiger partial charge in [-0.1, -0.05) is 6.07 Å². The highest BCUT2D eigenvalue weighted by atomic mass is 32.2. The molecule has 0 saturated carbocycles. The van der Waals surface area contributed by atoms with E-state index in [0.717, 1.165) is 29.0 Å². The van der Waals surface area contributed by atoms with Crippen LogP contribution in [-0.4, -0.2) is 37.5 Å². The number of amides is 1. The van der Waals surface area contributed by atoms with Crippen LogP contribution >= 0.6 is 11.8 Å². The van der Waals surface area contributed by atoms with Crippen LogP contribution in [-0.2, 0) is 14.8 Å². The number of hydrogen-bond acceptors (Lipinski definition) is 4. The molecule has 1 fully saturated rings. The van der Waals surface area contributed by atoms with Crippen molar-refractivity contribution in [2.45, 2.75) is 36.5 Å². The Morgan fingerprint density at radius 2 is 1.70 bits per heavy atom. The van der Waals surface area contributed by atoms with E-state index in [1.807, 2.05) is 32.0 Å². The minimum Gasteiger partial charge on any atom is -0.325 e. The van der Waals surface area contributed by atoms with Crippen molar-refractivity contribution in [1.82, 2.24) is 4.31 Å². The maximum atomic E-state index is 12.5. The molecule has 0 aliphatic carbocycles. The molecule has 5 nitrogen and oxygen atoms in total. The Kier molecular flexibility index (Phi) is 6.24. The first-order valence-corrected chi connectivity index (χ1v) is 11.4. The van der Waals surface area contributed by atoms with Crippen LogP contribution in [0.3, 0.4) is 0 Å². The minimum absolute atomic E-state index is 0.0861. The summed E-state index contributed by atoms with van der Waals surface area (Å²) in [4.78, 5) is 13.3. The van der Waals surface area contributed by atoms with Gasteiger partial charge in [-0.2, -0.15) is 4.31 Å². The van der Waals surface area contributed by atoms with Crippen molar-refractivity contribution in [3.05, 3.63) is 53.6 Å². The monoisotopic (exact) mass is 404 g/mol. The molecule has 1 aliphatic heterocycles. The summed E-state index contributed by atoms with van der Waals surface area (Å²) in [7, 11) is -3.39. The number of carbonyl (C=O) groups is 1. The third-order valence-electron chi connectivity index (χ3n) is 4.69. The second-order valence-corrected chi connectivity index (χ2v) is 9.71. The van der Waals surface area contributed by atoms with E-state index >= 15 is 0 Å². The molecule has 7 heteroatoms. The van der Waals surface area contributed by atoms with E-state index in [9.17, 15) is 13.2 Å². The summed E-state index contributed by atoms with van der Waals surface area (Å²) in [5, 5.41) is 2.89. The van der Waals surface area contributed by atoms with Crippen LogP contribution in [0.1, 0.15) is 24.0 Å². The van der Waals surface area contributed by atoms with Gasteiger partial charge in [-0.05, 0) is 74.2 Å². The number of thioether (sulfide) groups is 1. The zero-order chi connectivity index (χ0) is 19.4. The summed E-state index contributed by atoms with van der Waals surface area (Å²) in [5.41, 5.74) is 3.11. The van der Waals surface area contributed by atoms with Crippen LogP contribution in [0.25, 0.3) is 0 Å². The zero-order valence-corrected chi connectivity index (χ0v) is 17.2. The second kappa shape index (κ2) is 8.46. The van der Waals surface area contributed by atoms with Crippen molar-refractivity contribution in [2.75, 3.05) is 24.2 Å². The summed E-state index contributed by atoms with van der Waals surface area (Å²) < 4.78 is 26.6. The summed E-state index contributed by atoms with van der Waals surface area (Å²) in [5.74, 6) is 0.183. The van der Waals surface area contributed by atoms with Gasteiger partial charge in [-0.25, -0.2) is 8.42 Å². The fourth-order valence-corrected chi connectivity index (χ4v) is 5.17. The van der Waals surface area contributed by atoms with E-state index < -0.39 is 10.0 Å². The molecule has 2 aromatic carbocycles. The molecule has 0 unspecified atom stereocenters. The molecule has 0 aromatic heterocycles. The summed E-state index contributed by atoms with van der Waals surface area (Å²) in [6, 6.07) is 12.6. The molecular weight excluding hydrogens is 380 g/mol. The number of anilines is 1. The van der Waals surface area contributed by atoms with Gasteiger partial charge in [-0.3, -0.25) is 4.79 Å². The van der Waals surface area contributed by atoms with Gasteiger partial charge in [0, 0.05) is 23.7 Å². The average molecular weight is 405 g/mol. The van der Waals surface area contributed by atoms with Crippen LogP contribution in [0.2, 0.25) is 0 Å². The lowest BCUT2D eigenvalue weighted by atomic mass is 10.1. The molecule has 144 valence electrons. The van der Waals surface area contributed by atoms with Crippen LogP contribution in [0.4, 0.5) is 5.69 Å². The van der Waals surface area contributed by atoms with Crippen molar-refractivity contribution in [1.29, 1.82) is 0 Å². The van der Waals surface area contributed by atoms with Crippen molar-refractivity contribution < 1.29 is 13.2 Å². The highest BCUT2D eigenvalue weighted by Crippen LogP contribution is 2.24. The number of rotatable bonds is 6. The Morgan fingerprint density at radius 3 is 2.33 bits per heavy atom. The molecule has 1 amide bonds. The largest absolute Gasteiger partial charge is 0.325 e. The van der Waals surface area contributed by atoms with Crippen molar-refractivity contribution in [2.24, 2.45) is 0 Å². The van der Waals surface area contributed by atoms with E-state index in [2.05, 4.69) is 5.32 Å². The van der Waals surface area contributed by atoms with Gasteiger partial charge in [0.2, 0.25) is 15.9 Å². The lowest BCUT2D eigenvalue weighted by Gasteiger charge is -2.15.